The first-order valence-electron chi connectivity index (χ1n) is 14.5. The Balaban J connectivity index is 1.37. The van der Waals surface area contributed by atoms with Crippen molar-refractivity contribution in [2.24, 2.45) is 0 Å². The molecule has 1 aromatic heterocycles. The summed E-state index contributed by atoms with van der Waals surface area (Å²) >= 11 is 1.15. The third kappa shape index (κ3) is 7.68. The van der Waals surface area contributed by atoms with Gasteiger partial charge in [-0.05, 0) is 55.7 Å². The molecule has 3 heterocycles. The summed E-state index contributed by atoms with van der Waals surface area (Å²) in [5, 5.41) is 7.37. The zero-order chi connectivity index (χ0) is 31.5. The normalized spacial score (nSPS) is 21.1. The van der Waals surface area contributed by atoms with Crippen LogP contribution in [0.15, 0.2) is 36.4 Å². The van der Waals surface area contributed by atoms with Crippen molar-refractivity contribution in [3.05, 3.63) is 46.8 Å². The number of hydrogen-bond donors (Lipinski definition) is 2. The monoisotopic (exact) mass is 654 g/mol. The van der Waals surface area contributed by atoms with Gasteiger partial charge in [-0.2, -0.15) is 13.2 Å². The van der Waals surface area contributed by atoms with Gasteiger partial charge in [-0.25, -0.2) is 8.78 Å². The van der Waals surface area contributed by atoms with E-state index >= 15 is 0 Å². The zero-order valence-corrected chi connectivity index (χ0v) is 26.4. The number of piperidine rings is 1. The third-order valence-electron chi connectivity index (χ3n) is 8.18. The first-order valence-corrected chi connectivity index (χ1v) is 17.4. The zero-order valence-electron chi connectivity index (χ0n) is 24.6. The van der Waals surface area contributed by atoms with Crippen LogP contribution in [0.2, 0.25) is 0 Å². The highest BCUT2D eigenvalue weighted by Gasteiger charge is 2.33. The van der Waals surface area contributed by atoms with Crippen molar-refractivity contribution in [3.8, 4) is 17.6 Å². The Morgan fingerprint density at radius 3 is 2.57 bits per heavy atom. The number of rotatable bonds is 8. The third-order valence-corrected chi connectivity index (χ3v) is 12.4. The molecule has 238 valence electrons. The maximum absolute atomic E-state index is 14.7. The summed E-state index contributed by atoms with van der Waals surface area (Å²) in [5.41, 5.74) is 1.12. The van der Waals surface area contributed by atoms with Crippen LogP contribution in [0, 0.1) is 11.8 Å². The summed E-state index contributed by atoms with van der Waals surface area (Å²) in [4.78, 5) is 4.31. The van der Waals surface area contributed by atoms with Gasteiger partial charge in [0.2, 0.25) is 6.86 Å². The molecule has 0 aliphatic carbocycles. The van der Waals surface area contributed by atoms with E-state index < -0.39 is 38.8 Å². The number of thiophene rings is 1. The van der Waals surface area contributed by atoms with Gasteiger partial charge < -0.3 is 29.7 Å². The molecule has 2 N–H and O–H groups in total. The molecule has 5 rings (SSSR count). The molecule has 1 unspecified atom stereocenters. The number of nitrogens with zero attached hydrogens (tertiary/aromatic N) is 2. The van der Waals surface area contributed by atoms with Gasteiger partial charge in [0.15, 0.2) is 0 Å². The van der Waals surface area contributed by atoms with Crippen LogP contribution < -0.4 is 20.7 Å². The van der Waals surface area contributed by atoms with Gasteiger partial charge in [-0.15, -0.1) is 11.3 Å². The fourth-order valence-electron chi connectivity index (χ4n) is 5.68. The lowest BCUT2D eigenvalue weighted by atomic mass is 10.0. The number of anilines is 2. The highest BCUT2D eigenvalue weighted by Crippen LogP contribution is 2.47. The van der Waals surface area contributed by atoms with Crippen molar-refractivity contribution in [2.45, 2.75) is 31.2 Å². The second kappa shape index (κ2) is 13.7. The van der Waals surface area contributed by atoms with Gasteiger partial charge in [-0.1, -0.05) is 24.0 Å². The molecule has 2 aliphatic rings. The minimum absolute atomic E-state index is 0.0500. The number of alkyl halides is 5. The summed E-state index contributed by atoms with van der Waals surface area (Å²) in [7, 11) is 1.21. The summed E-state index contributed by atoms with van der Waals surface area (Å²) in [6.45, 7) is 1.42. The standard InChI is InChI=1S/C31H36F5N4O2PS/c1-39-13-15-43(41,16-14-39)21-8-9-26(28(17-21)42-20-32)37-11-4-7-29-23(18-31(34,35)36)22-5-3-6-27(30(22)44-29)38-25-10-12-40(2)19-24(25)33/h3,5-6,8-9,17,24-25,37-38H,10-16,18-20H2,1-2H3/t24-,25?/m1/s1. The predicted molar refractivity (Wildman–Crippen MR) is 169 cm³/mol. The average Bonchev–Trinajstić information content (AvgIpc) is 3.31. The summed E-state index contributed by atoms with van der Waals surface area (Å²) in [6.07, 6.45) is -5.03. The Morgan fingerprint density at radius 1 is 1.09 bits per heavy atom. The van der Waals surface area contributed by atoms with Gasteiger partial charge in [0, 0.05) is 43.8 Å². The molecule has 0 saturated carbocycles. The first kappa shape index (κ1) is 32.6. The van der Waals surface area contributed by atoms with Crippen molar-refractivity contribution < 1.29 is 31.3 Å². The van der Waals surface area contributed by atoms with E-state index in [1.54, 1.807) is 36.4 Å². The van der Waals surface area contributed by atoms with Crippen molar-refractivity contribution in [2.75, 3.05) is 76.6 Å². The Labute approximate surface area is 258 Å². The van der Waals surface area contributed by atoms with E-state index in [4.69, 9.17) is 4.74 Å². The lowest BCUT2D eigenvalue weighted by molar-refractivity contribution is -0.126. The lowest BCUT2D eigenvalue weighted by Gasteiger charge is -2.33. The fourth-order valence-corrected chi connectivity index (χ4v) is 9.62. The Bertz CT molecular complexity index is 1570. The van der Waals surface area contributed by atoms with Crippen molar-refractivity contribution in [3.63, 3.8) is 0 Å². The number of ether oxygens (including phenoxy) is 1. The fraction of sp³-hybridized carbons (Fsp3) is 0.484. The largest absolute Gasteiger partial charge is 0.461 e. The number of fused-ring (bicyclic) bond motifs is 1. The maximum Gasteiger partial charge on any atom is 0.393 e. The minimum atomic E-state index is -4.44. The molecule has 2 saturated heterocycles. The van der Waals surface area contributed by atoms with Gasteiger partial charge in [0.1, 0.15) is 19.1 Å². The van der Waals surface area contributed by atoms with E-state index in [0.717, 1.165) is 17.9 Å². The van der Waals surface area contributed by atoms with Crippen LogP contribution in [0.4, 0.5) is 33.3 Å². The predicted octanol–water partition coefficient (Wildman–Crippen LogP) is 6.16. The molecule has 3 aromatic rings. The average molecular weight is 655 g/mol. The van der Waals surface area contributed by atoms with Crippen LogP contribution in [0.3, 0.4) is 0 Å². The molecule has 2 atom stereocenters. The molecule has 0 bridgehead atoms. The van der Waals surface area contributed by atoms with E-state index in [-0.39, 0.29) is 22.7 Å². The lowest BCUT2D eigenvalue weighted by Crippen LogP contribution is -2.46. The molecule has 0 spiro atoms. The topological polar surface area (TPSA) is 56.8 Å². The summed E-state index contributed by atoms with van der Waals surface area (Å²) in [5.74, 6) is 6.00. The van der Waals surface area contributed by atoms with E-state index in [1.807, 2.05) is 19.0 Å². The number of hydrogen-bond acceptors (Lipinski definition) is 7. The maximum atomic E-state index is 14.7. The van der Waals surface area contributed by atoms with Crippen molar-refractivity contribution in [1.82, 2.24) is 9.80 Å². The Kier molecular flexibility index (Phi) is 10.1. The van der Waals surface area contributed by atoms with Crippen LogP contribution in [-0.2, 0) is 11.0 Å². The number of benzene rings is 2. The highest BCUT2D eigenvalue weighted by atomic mass is 32.1. The van der Waals surface area contributed by atoms with Crippen LogP contribution >= 0.6 is 18.5 Å². The van der Waals surface area contributed by atoms with E-state index in [0.29, 0.717) is 65.1 Å². The number of likely N-dealkylation sites (tertiary alicyclic amines) is 1. The van der Waals surface area contributed by atoms with E-state index in [2.05, 4.69) is 27.4 Å². The Morgan fingerprint density at radius 2 is 1.86 bits per heavy atom. The smallest absolute Gasteiger partial charge is 0.393 e. The molecular weight excluding hydrogens is 618 g/mol. The molecule has 2 aliphatic heterocycles. The van der Waals surface area contributed by atoms with Gasteiger partial charge in [-0.3, -0.25) is 0 Å². The molecule has 0 radical (unpaired) electrons. The highest BCUT2D eigenvalue weighted by molar-refractivity contribution is 7.71. The molecule has 0 amide bonds. The van der Waals surface area contributed by atoms with E-state index in [1.165, 1.54) is 0 Å². The summed E-state index contributed by atoms with van der Waals surface area (Å²) < 4.78 is 88.2. The van der Waals surface area contributed by atoms with Crippen LogP contribution in [0.1, 0.15) is 16.9 Å². The van der Waals surface area contributed by atoms with Gasteiger partial charge in [0.05, 0.1) is 40.0 Å². The van der Waals surface area contributed by atoms with Crippen LogP contribution in [0.5, 0.6) is 5.75 Å². The van der Waals surface area contributed by atoms with Crippen LogP contribution in [0.25, 0.3) is 10.1 Å². The van der Waals surface area contributed by atoms with Crippen molar-refractivity contribution in [1.29, 1.82) is 0 Å². The molecular formula is C31H36F5N4O2PS. The van der Waals surface area contributed by atoms with Gasteiger partial charge >= 0.3 is 6.18 Å². The SMILES string of the molecule is CN1CCP(=O)(c2ccc(NCC#Cc3sc4c(NC5CCN(C)C[C@H]5F)cccc4c3CC(F)(F)F)c(OCF)c2)CC1. The molecule has 13 heteroatoms. The quantitative estimate of drug-likeness (QED) is 0.172. The molecule has 6 nitrogen and oxygen atoms in total. The molecule has 44 heavy (non-hydrogen) atoms. The van der Waals surface area contributed by atoms with Crippen molar-refractivity contribution >= 4 is 45.2 Å². The summed E-state index contributed by atoms with van der Waals surface area (Å²) in [6, 6.07) is 9.67. The minimum Gasteiger partial charge on any atom is -0.461 e. The first-order chi connectivity index (χ1) is 21.0. The van der Waals surface area contributed by atoms with E-state index in [9.17, 15) is 26.5 Å². The second-order valence-corrected chi connectivity index (χ2v) is 15.6. The molecule has 2 aromatic carbocycles. The number of halogens is 5. The van der Waals surface area contributed by atoms with Gasteiger partial charge in [0.25, 0.3) is 0 Å². The molecule has 2 fully saturated rings. The van der Waals surface area contributed by atoms with Crippen LogP contribution in [-0.4, -0.2) is 94.2 Å². The Hall–Kier alpha value is -2.84. The second-order valence-electron chi connectivity index (χ2n) is 11.4. The number of nitrogens with one attached hydrogen (secondary N) is 2.